The van der Waals surface area contributed by atoms with Gasteiger partial charge < -0.3 is 25.0 Å². The Morgan fingerprint density at radius 1 is 1.00 bits per heavy atom. The van der Waals surface area contributed by atoms with E-state index < -0.39 is 38.0 Å². The van der Waals surface area contributed by atoms with Crippen LogP contribution in [0.25, 0.3) is 0 Å². The molecule has 0 aromatic heterocycles. The minimum Gasteiger partial charge on any atom is -0.445 e. The third-order valence-electron chi connectivity index (χ3n) is 9.33. The van der Waals surface area contributed by atoms with Crippen LogP contribution in [0.2, 0.25) is 0 Å². The van der Waals surface area contributed by atoms with Crippen LogP contribution < -0.4 is 19.8 Å². The molecule has 1 fully saturated rings. The standard InChI is InChI=1S/C37H50N4O8S2/c1-6-27(2)12-10-11-23-51(46,47)31-18-15-29(16-19-31)38-36(42)32-24-30(17-20-34(32)40(3)50(5,44)45)41-22-21-33(35(25-41)48-4)39-37(43)49-26-28-13-8-7-9-14-28/h7-9,13-20,24,27,33,35H,6,10-12,21-23,25-26H2,1-5H3,(H,38,42)(H,39,43)/t27-,33-,35+/m1/s1. The molecule has 1 aliphatic rings. The van der Waals surface area contributed by atoms with Crippen molar-refractivity contribution < 1.29 is 35.9 Å². The van der Waals surface area contributed by atoms with Crippen LogP contribution in [0, 0.1) is 5.92 Å². The summed E-state index contributed by atoms with van der Waals surface area (Å²) in [5, 5.41) is 5.70. The summed E-state index contributed by atoms with van der Waals surface area (Å²) >= 11 is 0. The molecule has 3 atom stereocenters. The highest BCUT2D eigenvalue weighted by Crippen LogP contribution is 2.30. The van der Waals surface area contributed by atoms with Gasteiger partial charge in [-0.3, -0.25) is 9.10 Å². The molecule has 3 aromatic rings. The predicted octanol–water partition coefficient (Wildman–Crippen LogP) is 5.84. The normalized spacial score (nSPS) is 17.0. The van der Waals surface area contributed by atoms with Gasteiger partial charge in [-0.05, 0) is 66.8 Å². The van der Waals surface area contributed by atoms with Crippen LogP contribution in [0.5, 0.6) is 0 Å². The van der Waals surface area contributed by atoms with E-state index in [4.69, 9.17) is 9.47 Å². The number of benzene rings is 3. The highest BCUT2D eigenvalue weighted by molar-refractivity contribution is 7.92. The minimum absolute atomic E-state index is 0.0543. The number of hydrogen-bond acceptors (Lipinski definition) is 9. The number of carbonyl (C=O) groups excluding carboxylic acids is 2. The largest absolute Gasteiger partial charge is 0.445 e. The van der Waals surface area contributed by atoms with Gasteiger partial charge in [-0.1, -0.05) is 63.4 Å². The summed E-state index contributed by atoms with van der Waals surface area (Å²) in [6.45, 7) is 5.33. The molecule has 2 amide bonds. The second-order valence-corrected chi connectivity index (χ2v) is 17.2. The second-order valence-electron chi connectivity index (χ2n) is 13.1. The van der Waals surface area contributed by atoms with Crippen LogP contribution in [0.1, 0.15) is 61.9 Å². The molecule has 1 heterocycles. The van der Waals surface area contributed by atoms with Crippen LogP contribution >= 0.6 is 0 Å². The summed E-state index contributed by atoms with van der Waals surface area (Å²) in [6, 6.07) is 20.0. The van der Waals surface area contributed by atoms with Gasteiger partial charge in [-0.2, -0.15) is 0 Å². The molecule has 12 nitrogen and oxygen atoms in total. The maximum atomic E-state index is 13.7. The Labute approximate surface area is 302 Å². The van der Waals surface area contributed by atoms with Gasteiger partial charge in [0, 0.05) is 38.6 Å². The number of sulfone groups is 1. The molecule has 1 aliphatic heterocycles. The van der Waals surface area contributed by atoms with Crippen molar-refractivity contribution in [2.24, 2.45) is 5.92 Å². The van der Waals surface area contributed by atoms with E-state index >= 15 is 0 Å². The highest BCUT2D eigenvalue weighted by atomic mass is 32.2. The lowest BCUT2D eigenvalue weighted by atomic mass is 10.0. The Hall–Kier alpha value is -4.14. The van der Waals surface area contributed by atoms with Crippen molar-refractivity contribution in [3.8, 4) is 0 Å². The zero-order valence-corrected chi connectivity index (χ0v) is 31.6. The van der Waals surface area contributed by atoms with E-state index in [1.54, 1.807) is 25.3 Å². The number of amides is 2. The lowest BCUT2D eigenvalue weighted by Crippen LogP contribution is -2.55. The maximum absolute atomic E-state index is 13.7. The number of sulfonamides is 1. The number of carbonyl (C=O) groups is 2. The number of nitrogens with zero attached hydrogens (tertiary/aromatic N) is 2. The zero-order chi connectivity index (χ0) is 37.2. The number of alkyl carbamates (subject to hydrolysis) is 1. The summed E-state index contributed by atoms with van der Waals surface area (Å²) in [5.41, 5.74) is 2.18. The fourth-order valence-corrected chi connectivity index (χ4v) is 7.76. The first-order valence-electron chi connectivity index (χ1n) is 17.2. The lowest BCUT2D eigenvalue weighted by molar-refractivity contribution is 0.0546. The molecule has 0 unspecified atom stereocenters. The van der Waals surface area contributed by atoms with Crippen molar-refractivity contribution in [1.82, 2.24) is 5.32 Å². The Morgan fingerprint density at radius 3 is 2.35 bits per heavy atom. The molecule has 2 N–H and O–H groups in total. The van der Waals surface area contributed by atoms with Crippen LogP contribution in [0.3, 0.4) is 0 Å². The van der Waals surface area contributed by atoms with Crippen molar-refractivity contribution in [2.45, 2.75) is 69.6 Å². The molecule has 0 spiro atoms. The first-order chi connectivity index (χ1) is 24.2. The fraction of sp³-hybridized carbons (Fsp3) is 0.459. The fourth-order valence-electron chi connectivity index (χ4n) is 5.88. The van der Waals surface area contributed by atoms with Gasteiger partial charge in [-0.25, -0.2) is 21.6 Å². The van der Waals surface area contributed by atoms with Crippen LogP contribution in [0.4, 0.5) is 21.9 Å². The highest BCUT2D eigenvalue weighted by Gasteiger charge is 2.32. The predicted molar refractivity (Wildman–Crippen MR) is 201 cm³/mol. The number of ether oxygens (including phenoxy) is 2. The molecule has 4 rings (SSSR count). The van der Waals surface area contributed by atoms with E-state index in [1.165, 1.54) is 31.3 Å². The monoisotopic (exact) mass is 742 g/mol. The Bertz CT molecular complexity index is 1840. The van der Waals surface area contributed by atoms with Gasteiger partial charge in [0.2, 0.25) is 10.0 Å². The Balaban J connectivity index is 1.46. The first kappa shape index (κ1) is 39.6. The van der Waals surface area contributed by atoms with E-state index in [0.717, 1.165) is 35.4 Å². The quantitative estimate of drug-likeness (QED) is 0.172. The maximum Gasteiger partial charge on any atom is 0.407 e. The molecular formula is C37H50N4O8S2. The first-order valence-corrected chi connectivity index (χ1v) is 20.7. The summed E-state index contributed by atoms with van der Waals surface area (Å²) < 4.78 is 63.0. The van der Waals surface area contributed by atoms with Crippen molar-refractivity contribution in [1.29, 1.82) is 0 Å². The topological polar surface area (TPSA) is 151 Å². The molecule has 0 bridgehead atoms. The lowest BCUT2D eigenvalue weighted by Gasteiger charge is -2.39. The number of methoxy groups -OCH3 is 1. The van der Waals surface area contributed by atoms with E-state index in [2.05, 4.69) is 24.5 Å². The Morgan fingerprint density at radius 2 is 1.71 bits per heavy atom. The molecule has 0 saturated carbocycles. The SMILES string of the molecule is CC[C@@H](C)CCCCS(=O)(=O)c1ccc(NC(=O)c2cc(N3CC[C@@H](NC(=O)OCc4ccccc4)[C@@H](OC)C3)ccc2N(C)S(C)(=O)=O)cc1. The average molecular weight is 743 g/mol. The van der Waals surface area contributed by atoms with E-state index in [9.17, 15) is 26.4 Å². The molecule has 0 radical (unpaired) electrons. The molecule has 278 valence electrons. The van der Waals surface area contributed by atoms with Gasteiger partial charge >= 0.3 is 6.09 Å². The van der Waals surface area contributed by atoms with E-state index in [1.807, 2.05) is 35.2 Å². The van der Waals surface area contributed by atoms with Crippen LogP contribution in [0.15, 0.2) is 77.7 Å². The number of nitrogens with one attached hydrogen (secondary N) is 2. The molecule has 14 heteroatoms. The van der Waals surface area contributed by atoms with Crippen LogP contribution in [-0.4, -0.2) is 80.2 Å². The van der Waals surface area contributed by atoms with Gasteiger partial charge in [0.05, 0.1) is 40.3 Å². The van der Waals surface area contributed by atoms with E-state index in [-0.39, 0.29) is 34.5 Å². The van der Waals surface area contributed by atoms with Gasteiger partial charge in [0.15, 0.2) is 9.84 Å². The second kappa shape index (κ2) is 17.9. The van der Waals surface area contributed by atoms with Crippen molar-refractivity contribution in [3.05, 3.63) is 83.9 Å². The van der Waals surface area contributed by atoms with Gasteiger partial charge in [0.1, 0.15) is 6.61 Å². The summed E-state index contributed by atoms with van der Waals surface area (Å²) in [5.74, 6) is 0.0523. The molecule has 1 saturated heterocycles. The van der Waals surface area contributed by atoms with Gasteiger partial charge in [0.25, 0.3) is 5.91 Å². The van der Waals surface area contributed by atoms with Crippen LogP contribution in [-0.2, 0) is 35.9 Å². The average Bonchev–Trinajstić information content (AvgIpc) is 3.12. The van der Waals surface area contributed by atoms with Gasteiger partial charge in [-0.15, -0.1) is 0 Å². The number of hydrogen-bond donors (Lipinski definition) is 2. The van der Waals surface area contributed by atoms with Crippen molar-refractivity contribution in [2.75, 3.05) is 53.8 Å². The number of piperidine rings is 1. The smallest absolute Gasteiger partial charge is 0.407 e. The number of anilines is 3. The molecule has 0 aliphatic carbocycles. The summed E-state index contributed by atoms with van der Waals surface area (Å²) in [6.07, 6.45) is 4.12. The summed E-state index contributed by atoms with van der Waals surface area (Å²) in [7, 11) is -4.26. The number of unbranched alkanes of at least 4 members (excludes halogenated alkanes) is 1. The van der Waals surface area contributed by atoms with Crippen molar-refractivity contribution >= 4 is 48.9 Å². The molecule has 51 heavy (non-hydrogen) atoms. The Kier molecular flexibility index (Phi) is 13.9. The summed E-state index contributed by atoms with van der Waals surface area (Å²) in [4.78, 5) is 28.5. The third-order valence-corrected chi connectivity index (χ3v) is 12.3. The molecule has 3 aromatic carbocycles. The minimum atomic E-state index is -3.71. The number of rotatable bonds is 16. The van der Waals surface area contributed by atoms with Crippen molar-refractivity contribution in [3.63, 3.8) is 0 Å². The third kappa shape index (κ3) is 11.2. The zero-order valence-electron chi connectivity index (χ0n) is 30.0. The molecular weight excluding hydrogens is 693 g/mol. The van der Waals surface area contributed by atoms with E-state index in [0.29, 0.717) is 43.2 Å².